The third kappa shape index (κ3) is 4.42. The minimum absolute atomic E-state index is 0.0809. The van der Waals surface area contributed by atoms with E-state index >= 15 is 0 Å². The molecule has 3 aromatic rings. The summed E-state index contributed by atoms with van der Waals surface area (Å²) < 4.78 is 6.79. The van der Waals surface area contributed by atoms with Crippen molar-refractivity contribution in [3.63, 3.8) is 0 Å². The quantitative estimate of drug-likeness (QED) is 0.240. The van der Waals surface area contributed by atoms with Gasteiger partial charge in [0.25, 0.3) is 0 Å². The summed E-state index contributed by atoms with van der Waals surface area (Å²) in [6.45, 7) is 3.56. The molecule has 1 heterocycles. The van der Waals surface area contributed by atoms with Crippen LogP contribution in [0.3, 0.4) is 0 Å². The summed E-state index contributed by atoms with van der Waals surface area (Å²) in [7, 11) is 2.28. The van der Waals surface area contributed by atoms with Crippen LogP contribution in [0.1, 0.15) is 24.0 Å². The highest BCUT2D eigenvalue weighted by Crippen LogP contribution is 2.45. The third-order valence-corrected chi connectivity index (χ3v) is 6.96. The van der Waals surface area contributed by atoms with E-state index in [0.717, 1.165) is 53.8 Å². The Labute approximate surface area is 191 Å². The van der Waals surface area contributed by atoms with Gasteiger partial charge in [0.1, 0.15) is 5.75 Å². The van der Waals surface area contributed by atoms with Gasteiger partial charge >= 0.3 is 0 Å². The molecule has 1 unspecified atom stereocenters. The first-order chi connectivity index (χ1) is 15.5. The number of hydrogen-bond donors (Lipinski definition) is 1. The average Bonchev–Trinajstić information content (AvgIpc) is 3.21. The number of nitrogens with one attached hydrogen (secondary N) is 1. The van der Waals surface area contributed by atoms with Gasteiger partial charge in [-0.2, -0.15) is 0 Å². The van der Waals surface area contributed by atoms with E-state index < -0.39 is 11.3 Å². The molecule has 4 rings (SSSR count). The molecular weight excluding hydrogens is 396 g/mol. The molecule has 0 aliphatic carbocycles. The van der Waals surface area contributed by atoms with Crippen molar-refractivity contribution in [2.45, 2.75) is 18.3 Å². The smallest absolute Gasteiger partial charge is 0.119 e. The van der Waals surface area contributed by atoms with Crippen molar-refractivity contribution in [2.24, 2.45) is 5.92 Å². The van der Waals surface area contributed by atoms with Crippen molar-refractivity contribution in [2.75, 3.05) is 33.3 Å². The summed E-state index contributed by atoms with van der Waals surface area (Å²) in [4.78, 5) is 0. The Bertz CT molecular complexity index is 968. The van der Waals surface area contributed by atoms with Crippen LogP contribution in [0, 0.1) is 11.3 Å². The molecule has 1 aliphatic heterocycles. The second kappa shape index (κ2) is 9.58. The first-order valence-electron chi connectivity index (χ1n) is 11.4. The van der Waals surface area contributed by atoms with Crippen LogP contribution >= 0.6 is 0 Å². The highest BCUT2D eigenvalue weighted by Gasteiger charge is 2.49. The molecule has 1 aliphatic rings. The predicted molar refractivity (Wildman–Crippen MR) is 127 cm³/mol. The largest absolute Gasteiger partial charge is 0.861 e. The molecule has 0 radical (unpaired) electrons. The van der Waals surface area contributed by atoms with E-state index in [1.807, 2.05) is 91.0 Å². The first-order valence-corrected chi connectivity index (χ1v) is 11.4. The zero-order chi connectivity index (χ0) is 22.4. The van der Waals surface area contributed by atoms with E-state index in [9.17, 15) is 5.11 Å². The van der Waals surface area contributed by atoms with Crippen molar-refractivity contribution < 1.29 is 14.3 Å². The van der Waals surface area contributed by atoms with Crippen LogP contribution in [-0.2, 0) is 5.41 Å². The lowest BCUT2D eigenvalue weighted by Crippen LogP contribution is -2.52. The standard InChI is InChI=1S/C28H32N2O2/c1-30(19-11-21-32-26-16-9-4-10-17-26)20-18-25(22-30)28(27(29)31,23-12-5-2-6-13-23)24-14-7-3-8-15-24/h2-10,12-17,25H,11,18-22H2,1H3,(H-,29,31)/t25-,30?/m1/s1. The highest BCUT2D eigenvalue weighted by atomic mass is 16.5. The molecule has 0 amide bonds. The Morgan fingerprint density at radius 3 is 2.00 bits per heavy atom. The van der Waals surface area contributed by atoms with Crippen LogP contribution in [0.5, 0.6) is 5.75 Å². The summed E-state index contributed by atoms with van der Waals surface area (Å²) >= 11 is 0. The highest BCUT2D eigenvalue weighted by molar-refractivity contribution is 5.87. The second-order valence-corrected chi connectivity index (χ2v) is 9.12. The number of likely N-dealkylation sites (tertiary alicyclic amines) is 1. The molecule has 0 bridgehead atoms. The van der Waals surface area contributed by atoms with E-state index in [1.165, 1.54) is 0 Å². The lowest BCUT2D eigenvalue weighted by molar-refractivity contribution is -0.899. The summed E-state index contributed by atoms with van der Waals surface area (Å²) in [5.74, 6) is 0.472. The van der Waals surface area contributed by atoms with Gasteiger partial charge in [-0.25, -0.2) is 0 Å². The maximum absolute atomic E-state index is 13.1. The fourth-order valence-electron chi connectivity index (χ4n) is 5.38. The van der Waals surface area contributed by atoms with Crippen molar-refractivity contribution in [3.8, 4) is 5.75 Å². The Morgan fingerprint density at radius 2 is 1.47 bits per heavy atom. The Hall–Kier alpha value is -3.11. The van der Waals surface area contributed by atoms with Gasteiger partial charge in [-0.1, -0.05) is 78.9 Å². The number of hydrogen-bond acceptors (Lipinski definition) is 3. The first kappa shape index (κ1) is 22.1. The molecule has 0 aromatic heterocycles. The summed E-state index contributed by atoms with van der Waals surface area (Å²) in [5, 5.41) is 21.6. The Morgan fingerprint density at radius 1 is 0.938 bits per heavy atom. The number of nitrogens with zero attached hydrogens (tertiary/aromatic N) is 1. The molecule has 166 valence electrons. The molecule has 2 atom stereocenters. The van der Waals surface area contributed by atoms with Gasteiger partial charge in [0.15, 0.2) is 0 Å². The number of para-hydroxylation sites is 1. The van der Waals surface area contributed by atoms with Gasteiger partial charge in [0.2, 0.25) is 0 Å². The third-order valence-electron chi connectivity index (χ3n) is 6.96. The Balaban J connectivity index is 1.54. The van der Waals surface area contributed by atoms with E-state index in [0.29, 0.717) is 6.61 Å². The van der Waals surface area contributed by atoms with Crippen molar-refractivity contribution >= 4 is 5.90 Å². The zero-order valence-corrected chi connectivity index (χ0v) is 18.7. The molecular formula is C28H32N2O2. The lowest BCUT2D eigenvalue weighted by atomic mass is 9.65. The topological polar surface area (TPSA) is 56.1 Å². The molecule has 32 heavy (non-hydrogen) atoms. The number of rotatable bonds is 9. The Kier molecular flexibility index (Phi) is 6.61. The maximum Gasteiger partial charge on any atom is 0.119 e. The van der Waals surface area contributed by atoms with Crippen LogP contribution in [0.2, 0.25) is 0 Å². The van der Waals surface area contributed by atoms with Crippen molar-refractivity contribution in [1.29, 1.82) is 5.41 Å². The molecule has 1 N–H and O–H groups in total. The monoisotopic (exact) mass is 428 g/mol. The summed E-state index contributed by atoms with van der Waals surface area (Å²) in [6, 6.07) is 29.8. The van der Waals surface area contributed by atoms with Gasteiger partial charge in [-0.3, -0.25) is 0 Å². The van der Waals surface area contributed by atoms with Crippen LogP contribution < -0.4 is 9.84 Å². The lowest BCUT2D eigenvalue weighted by Gasteiger charge is -2.43. The van der Waals surface area contributed by atoms with Gasteiger partial charge in [0.05, 0.1) is 38.7 Å². The molecule has 0 saturated carbocycles. The van der Waals surface area contributed by atoms with Crippen molar-refractivity contribution in [1.82, 2.24) is 0 Å². The maximum atomic E-state index is 13.1. The van der Waals surface area contributed by atoms with Gasteiger partial charge in [0, 0.05) is 18.8 Å². The van der Waals surface area contributed by atoms with Gasteiger partial charge in [-0.15, -0.1) is 0 Å². The number of benzene rings is 3. The van der Waals surface area contributed by atoms with E-state index in [-0.39, 0.29) is 5.92 Å². The van der Waals surface area contributed by atoms with Crippen LogP contribution in [-0.4, -0.2) is 43.7 Å². The van der Waals surface area contributed by atoms with Crippen molar-refractivity contribution in [3.05, 3.63) is 102 Å². The summed E-state index contributed by atoms with van der Waals surface area (Å²) in [6.07, 6.45) is 1.88. The molecule has 3 aromatic carbocycles. The fourth-order valence-corrected chi connectivity index (χ4v) is 5.38. The number of ether oxygens (including phenoxy) is 1. The van der Waals surface area contributed by atoms with Gasteiger partial charge in [-0.05, 0) is 29.2 Å². The molecule has 0 spiro atoms. The van der Waals surface area contributed by atoms with E-state index in [2.05, 4.69) is 7.05 Å². The summed E-state index contributed by atoms with van der Waals surface area (Å²) in [5.41, 5.74) is 0.924. The molecule has 4 nitrogen and oxygen atoms in total. The molecule has 4 heteroatoms. The van der Waals surface area contributed by atoms with E-state index in [1.54, 1.807) is 0 Å². The van der Waals surface area contributed by atoms with Crippen LogP contribution in [0.25, 0.3) is 0 Å². The van der Waals surface area contributed by atoms with Crippen LogP contribution in [0.4, 0.5) is 0 Å². The second-order valence-electron chi connectivity index (χ2n) is 9.12. The van der Waals surface area contributed by atoms with E-state index in [4.69, 9.17) is 10.1 Å². The van der Waals surface area contributed by atoms with Gasteiger partial charge < -0.3 is 19.7 Å². The minimum Gasteiger partial charge on any atom is -0.861 e. The fraction of sp³-hybridized carbons (Fsp3) is 0.321. The minimum atomic E-state index is -0.931. The predicted octanol–water partition coefficient (Wildman–Crippen LogP) is 4.25. The SMILES string of the molecule is C[N+]1(CCCOc2ccccc2)CC[C@@H](C(C(=N)[O-])(c2ccccc2)c2ccccc2)C1. The zero-order valence-electron chi connectivity index (χ0n) is 18.7. The molecule has 1 saturated heterocycles. The average molecular weight is 429 g/mol. The normalized spacial score (nSPS) is 20.7. The van der Waals surface area contributed by atoms with Crippen LogP contribution in [0.15, 0.2) is 91.0 Å². The molecule has 1 fully saturated rings. The number of quaternary nitrogens is 1.